The summed E-state index contributed by atoms with van der Waals surface area (Å²) >= 11 is 0. The SMILES string of the molecule is C[C@H](Nc1n[nH]c(=O)[nH]c1=O)C(=O)N/N=C\c1ccccc1. The quantitative estimate of drug-likeness (QED) is 0.433. The highest BCUT2D eigenvalue weighted by Crippen LogP contribution is 1.95. The van der Waals surface area contributed by atoms with E-state index in [2.05, 4.69) is 26.0 Å². The molecule has 0 saturated carbocycles. The van der Waals surface area contributed by atoms with E-state index in [1.54, 1.807) is 0 Å². The predicted octanol–water partition coefficient (Wildman–Crippen LogP) is -0.591. The van der Waals surface area contributed by atoms with Crippen LogP contribution in [0.25, 0.3) is 0 Å². The molecule has 1 amide bonds. The first-order chi connectivity index (χ1) is 10.6. The molecule has 0 spiro atoms. The summed E-state index contributed by atoms with van der Waals surface area (Å²) < 4.78 is 0. The number of aromatic amines is 2. The van der Waals surface area contributed by atoms with Gasteiger partial charge in [0, 0.05) is 0 Å². The highest BCUT2D eigenvalue weighted by atomic mass is 16.2. The van der Waals surface area contributed by atoms with Crippen molar-refractivity contribution >= 4 is 17.9 Å². The van der Waals surface area contributed by atoms with Crippen LogP contribution in [0.2, 0.25) is 0 Å². The molecule has 0 fully saturated rings. The van der Waals surface area contributed by atoms with E-state index in [9.17, 15) is 14.4 Å². The molecule has 0 aliphatic heterocycles. The molecular formula is C13H14N6O3. The van der Waals surface area contributed by atoms with Gasteiger partial charge in [0.05, 0.1) is 6.21 Å². The van der Waals surface area contributed by atoms with Crippen LogP contribution in [0.15, 0.2) is 45.0 Å². The van der Waals surface area contributed by atoms with Crippen molar-refractivity contribution in [3.8, 4) is 0 Å². The fourth-order valence-corrected chi connectivity index (χ4v) is 1.52. The van der Waals surface area contributed by atoms with Gasteiger partial charge >= 0.3 is 5.69 Å². The van der Waals surface area contributed by atoms with Crippen molar-refractivity contribution in [2.75, 3.05) is 5.32 Å². The van der Waals surface area contributed by atoms with Gasteiger partial charge in [-0.2, -0.15) is 5.10 Å². The third-order valence-corrected chi connectivity index (χ3v) is 2.65. The Labute approximate surface area is 124 Å². The largest absolute Gasteiger partial charge is 0.353 e. The van der Waals surface area contributed by atoms with Crippen LogP contribution in [0, 0.1) is 0 Å². The van der Waals surface area contributed by atoms with Gasteiger partial charge in [0.25, 0.3) is 11.5 Å². The zero-order chi connectivity index (χ0) is 15.9. The summed E-state index contributed by atoms with van der Waals surface area (Å²) in [4.78, 5) is 36.1. The molecule has 0 unspecified atom stereocenters. The number of hydrogen-bond donors (Lipinski definition) is 4. The van der Waals surface area contributed by atoms with E-state index in [-0.39, 0.29) is 5.82 Å². The zero-order valence-corrected chi connectivity index (χ0v) is 11.7. The van der Waals surface area contributed by atoms with Crippen LogP contribution >= 0.6 is 0 Å². The van der Waals surface area contributed by atoms with E-state index in [0.717, 1.165) is 5.56 Å². The lowest BCUT2D eigenvalue weighted by molar-refractivity contribution is -0.121. The Balaban J connectivity index is 1.93. The van der Waals surface area contributed by atoms with Crippen LogP contribution in [0.5, 0.6) is 0 Å². The van der Waals surface area contributed by atoms with Crippen molar-refractivity contribution in [3.05, 3.63) is 56.7 Å². The monoisotopic (exact) mass is 302 g/mol. The van der Waals surface area contributed by atoms with Crippen LogP contribution in [0.4, 0.5) is 5.82 Å². The van der Waals surface area contributed by atoms with Crippen molar-refractivity contribution in [1.82, 2.24) is 20.6 Å². The van der Waals surface area contributed by atoms with Gasteiger partial charge in [-0.15, -0.1) is 5.10 Å². The molecule has 0 bridgehead atoms. The summed E-state index contributed by atoms with van der Waals surface area (Å²) in [5, 5.41) is 12.0. The molecule has 0 saturated heterocycles. The van der Waals surface area contributed by atoms with Crippen molar-refractivity contribution in [3.63, 3.8) is 0 Å². The number of carbonyl (C=O) groups is 1. The predicted molar refractivity (Wildman–Crippen MR) is 80.7 cm³/mol. The Bertz CT molecular complexity index is 780. The standard InChI is InChI=1S/C13H14N6O3/c1-8(15-10-12(21)16-13(22)19-17-10)11(20)18-14-7-9-5-3-2-4-6-9/h2-8H,1H3,(H,15,17)(H,18,20)(H2,16,19,21,22)/b14-7-/t8-/m0/s1. The Morgan fingerprint density at radius 2 is 2.05 bits per heavy atom. The first-order valence-electron chi connectivity index (χ1n) is 6.40. The maximum atomic E-state index is 11.8. The van der Waals surface area contributed by atoms with Gasteiger partial charge in [0.2, 0.25) is 5.82 Å². The number of benzene rings is 1. The van der Waals surface area contributed by atoms with Crippen LogP contribution in [-0.4, -0.2) is 33.3 Å². The Kier molecular flexibility index (Phi) is 4.81. The second-order valence-electron chi connectivity index (χ2n) is 4.37. The van der Waals surface area contributed by atoms with Gasteiger partial charge in [-0.3, -0.25) is 14.6 Å². The van der Waals surface area contributed by atoms with Crippen LogP contribution in [-0.2, 0) is 4.79 Å². The maximum absolute atomic E-state index is 11.8. The molecule has 2 rings (SSSR count). The Hall–Kier alpha value is -3.23. The van der Waals surface area contributed by atoms with Crippen LogP contribution < -0.4 is 22.0 Å². The topological polar surface area (TPSA) is 132 Å². The maximum Gasteiger partial charge on any atom is 0.342 e. The third kappa shape index (κ3) is 4.13. The molecule has 1 heterocycles. The molecular weight excluding hydrogens is 288 g/mol. The minimum atomic E-state index is -0.771. The van der Waals surface area contributed by atoms with E-state index in [4.69, 9.17) is 0 Å². The van der Waals surface area contributed by atoms with Crippen LogP contribution in [0.3, 0.4) is 0 Å². The van der Waals surface area contributed by atoms with Gasteiger partial charge in [-0.1, -0.05) is 30.3 Å². The van der Waals surface area contributed by atoms with Crippen LogP contribution in [0.1, 0.15) is 12.5 Å². The Morgan fingerprint density at radius 3 is 2.73 bits per heavy atom. The average molecular weight is 302 g/mol. The molecule has 1 aromatic carbocycles. The fraction of sp³-hybridized carbons (Fsp3) is 0.154. The summed E-state index contributed by atoms with van der Waals surface area (Å²) in [5.74, 6) is -0.617. The lowest BCUT2D eigenvalue weighted by Crippen LogP contribution is -2.38. The molecule has 114 valence electrons. The van der Waals surface area contributed by atoms with Crippen molar-refractivity contribution < 1.29 is 4.79 Å². The molecule has 1 atom stereocenters. The number of aromatic nitrogens is 3. The molecule has 0 radical (unpaired) electrons. The molecule has 0 aliphatic carbocycles. The van der Waals surface area contributed by atoms with Gasteiger partial charge in [0.1, 0.15) is 6.04 Å². The van der Waals surface area contributed by atoms with Crippen molar-refractivity contribution in [1.29, 1.82) is 0 Å². The summed E-state index contributed by atoms with van der Waals surface area (Å²) in [6.07, 6.45) is 1.50. The molecule has 0 aliphatic rings. The molecule has 1 aromatic heterocycles. The molecule has 2 aromatic rings. The number of hydrogen-bond acceptors (Lipinski definition) is 6. The number of hydrazone groups is 1. The van der Waals surface area contributed by atoms with Crippen molar-refractivity contribution in [2.45, 2.75) is 13.0 Å². The number of nitrogens with zero attached hydrogens (tertiary/aromatic N) is 2. The van der Waals surface area contributed by atoms with Gasteiger partial charge in [0.15, 0.2) is 0 Å². The first kappa shape index (κ1) is 15.2. The first-order valence-corrected chi connectivity index (χ1v) is 6.40. The van der Waals surface area contributed by atoms with E-state index in [0.29, 0.717) is 0 Å². The number of rotatable bonds is 5. The third-order valence-electron chi connectivity index (χ3n) is 2.65. The minimum absolute atomic E-state index is 0.158. The smallest absolute Gasteiger partial charge is 0.342 e. The highest BCUT2D eigenvalue weighted by molar-refractivity contribution is 5.86. The lowest BCUT2D eigenvalue weighted by atomic mass is 10.2. The van der Waals surface area contributed by atoms with Gasteiger partial charge in [-0.25, -0.2) is 15.3 Å². The van der Waals surface area contributed by atoms with E-state index in [1.807, 2.05) is 35.3 Å². The van der Waals surface area contributed by atoms with E-state index >= 15 is 0 Å². The lowest BCUT2D eigenvalue weighted by Gasteiger charge is -2.11. The molecule has 9 nitrogen and oxygen atoms in total. The second kappa shape index (κ2) is 6.97. The zero-order valence-electron chi connectivity index (χ0n) is 11.7. The molecule has 9 heteroatoms. The fourth-order valence-electron chi connectivity index (χ4n) is 1.52. The van der Waals surface area contributed by atoms with E-state index in [1.165, 1.54) is 13.1 Å². The number of anilines is 1. The summed E-state index contributed by atoms with van der Waals surface area (Å²) in [6.45, 7) is 1.53. The molecule has 22 heavy (non-hydrogen) atoms. The normalized spacial score (nSPS) is 12.0. The molecule has 4 N–H and O–H groups in total. The number of nitrogens with one attached hydrogen (secondary N) is 4. The number of amides is 1. The minimum Gasteiger partial charge on any atom is -0.353 e. The van der Waals surface area contributed by atoms with Crippen molar-refractivity contribution in [2.24, 2.45) is 5.10 Å². The van der Waals surface area contributed by atoms with E-state index < -0.39 is 23.2 Å². The van der Waals surface area contributed by atoms with Gasteiger partial charge < -0.3 is 5.32 Å². The second-order valence-corrected chi connectivity index (χ2v) is 4.37. The highest BCUT2D eigenvalue weighted by Gasteiger charge is 2.14. The summed E-state index contributed by atoms with van der Waals surface area (Å²) in [7, 11) is 0. The number of carbonyl (C=O) groups excluding carboxylic acids is 1. The Morgan fingerprint density at radius 1 is 1.32 bits per heavy atom. The summed E-state index contributed by atoms with van der Waals surface area (Å²) in [5.41, 5.74) is 1.74. The van der Waals surface area contributed by atoms with Gasteiger partial charge in [-0.05, 0) is 12.5 Å². The average Bonchev–Trinajstić information content (AvgIpc) is 2.51. The number of H-pyrrole nitrogens is 2. The summed E-state index contributed by atoms with van der Waals surface area (Å²) in [6, 6.07) is 8.47.